The molecular weight excluding hydrogens is 450 g/mol. The van der Waals surface area contributed by atoms with E-state index in [1.807, 2.05) is 32.0 Å². The molecule has 0 unspecified atom stereocenters. The van der Waals surface area contributed by atoms with Gasteiger partial charge in [-0.15, -0.1) is 0 Å². The molecule has 0 aromatic heterocycles. The van der Waals surface area contributed by atoms with E-state index in [2.05, 4.69) is 77.7 Å². The maximum absolute atomic E-state index is 6.64. The zero-order chi connectivity index (χ0) is 24.5. The number of nitrogens with zero attached hydrogens (tertiary/aromatic N) is 1. The van der Waals surface area contributed by atoms with Crippen LogP contribution in [0.25, 0.3) is 0 Å². The van der Waals surface area contributed by atoms with Crippen molar-refractivity contribution in [3.8, 4) is 0 Å². The molecule has 5 heteroatoms. The molecule has 0 bridgehead atoms. The first kappa shape index (κ1) is 23.8. The molecule has 0 spiro atoms. The van der Waals surface area contributed by atoms with Crippen LogP contribution in [0.3, 0.4) is 0 Å². The zero-order valence-corrected chi connectivity index (χ0v) is 21.0. The minimum absolute atomic E-state index is 0.141. The predicted octanol–water partition coefficient (Wildman–Crippen LogP) is 5.70. The van der Waals surface area contributed by atoms with Crippen molar-refractivity contribution in [3.05, 3.63) is 108 Å². The average Bonchev–Trinajstić information content (AvgIpc) is 3.57. The Labute approximate surface area is 213 Å². The number of hydrogen-bond acceptors (Lipinski definition) is 5. The van der Waals surface area contributed by atoms with Crippen LogP contribution in [-0.2, 0) is 25.6 Å². The van der Waals surface area contributed by atoms with Crippen LogP contribution in [0.5, 0.6) is 0 Å². The fourth-order valence-corrected chi connectivity index (χ4v) is 6.10. The van der Waals surface area contributed by atoms with E-state index in [9.17, 15) is 0 Å². The van der Waals surface area contributed by atoms with Crippen LogP contribution in [0.4, 0.5) is 0 Å². The van der Waals surface area contributed by atoms with Crippen LogP contribution in [0, 0.1) is 0 Å². The van der Waals surface area contributed by atoms with Crippen molar-refractivity contribution in [2.75, 3.05) is 6.54 Å². The number of benzene rings is 3. The molecule has 3 heterocycles. The van der Waals surface area contributed by atoms with Gasteiger partial charge in [0, 0.05) is 6.04 Å². The molecule has 5 nitrogen and oxygen atoms in total. The molecule has 0 amide bonds. The Hall–Kier alpha value is -2.54. The first-order valence-corrected chi connectivity index (χ1v) is 13.1. The number of likely N-dealkylation sites (tertiary alicyclic amines) is 1. The summed E-state index contributed by atoms with van der Waals surface area (Å²) in [6, 6.07) is 32.3. The lowest BCUT2D eigenvalue weighted by molar-refractivity contribution is -0.226. The molecule has 3 aliphatic heterocycles. The number of ether oxygens (including phenoxy) is 4. The number of fused-ring (bicyclic) bond motifs is 1. The smallest absolute Gasteiger partial charge is 0.190 e. The van der Waals surface area contributed by atoms with Gasteiger partial charge in [0.1, 0.15) is 18.3 Å². The largest absolute Gasteiger partial charge is 0.368 e. The van der Waals surface area contributed by atoms with Gasteiger partial charge in [0.05, 0.1) is 12.6 Å². The van der Waals surface area contributed by atoms with Crippen molar-refractivity contribution in [1.29, 1.82) is 0 Å². The van der Waals surface area contributed by atoms with Crippen LogP contribution in [0.1, 0.15) is 49.4 Å². The number of hydrogen-bond donors (Lipinski definition) is 0. The third kappa shape index (κ3) is 4.74. The van der Waals surface area contributed by atoms with Crippen molar-refractivity contribution < 1.29 is 18.9 Å². The number of rotatable bonds is 7. The molecule has 188 valence electrons. The predicted molar refractivity (Wildman–Crippen MR) is 138 cm³/mol. The Morgan fingerprint density at radius 1 is 0.833 bits per heavy atom. The summed E-state index contributed by atoms with van der Waals surface area (Å²) in [7, 11) is 0. The van der Waals surface area contributed by atoms with Crippen LogP contribution in [0.15, 0.2) is 91.0 Å². The first-order chi connectivity index (χ1) is 17.6. The van der Waals surface area contributed by atoms with Gasteiger partial charge in [-0.05, 0) is 49.9 Å². The van der Waals surface area contributed by atoms with Crippen LogP contribution < -0.4 is 0 Å². The topological polar surface area (TPSA) is 40.2 Å². The molecule has 0 aliphatic carbocycles. The Morgan fingerprint density at radius 3 is 2.08 bits per heavy atom. The Balaban J connectivity index is 1.31. The molecule has 3 fully saturated rings. The highest BCUT2D eigenvalue weighted by molar-refractivity contribution is 5.32. The van der Waals surface area contributed by atoms with E-state index in [0.29, 0.717) is 6.61 Å². The summed E-state index contributed by atoms with van der Waals surface area (Å²) in [4.78, 5) is 2.61. The molecule has 0 saturated carbocycles. The highest BCUT2D eigenvalue weighted by Gasteiger charge is 2.58. The zero-order valence-electron chi connectivity index (χ0n) is 21.0. The van der Waals surface area contributed by atoms with Gasteiger partial charge in [0.2, 0.25) is 0 Å². The first-order valence-electron chi connectivity index (χ1n) is 13.1. The van der Waals surface area contributed by atoms with E-state index >= 15 is 0 Å². The van der Waals surface area contributed by atoms with Gasteiger partial charge in [-0.3, -0.25) is 4.90 Å². The van der Waals surface area contributed by atoms with E-state index in [-0.39, 0.29) is 30.4 Å². The summed E-state index contributed by atoms with van der Waals surface area (Å²) >= 11 is 0. The fraction of sp³-hybridized carbons (Fsp3) is 0.419. The summed E-state index contributed by atoms with van der Waals surface area (Å²) in [5.41, 5.74) is 3.74. The lowest BCUT2D eigenvalue weighted by Crippen LogP contribution is -2.49. The molecule has 3 aromatic rings. The highest BCUT2D eigenvalue weighted by Crippen LogP contribution is 2.44. The Morgan fingerprint density at radius 2 is 1.44 bits per heavy atom. The minimum Gasteiger partial charge on any atom is -0.368 e. The monoisotopic (exact) mass is 485 g/mol. The van der Waals surface area contributed by atoms with Crippen molar-refractivity contribution in [2.45, 2.75) is 75.8 Å². The van der Waals surface area contributed by atoms with Crippen molar-refractivity contribution in [3.63, 3.8) is 0 Å². The fourth-order valence-electron chi connectivity index (χ4n) is 6.10. The van der Waals surface area contributed by atoms with Crippen LogP contribution in [-0.4, -0.2) is 47.9 Å². The lowest BCUT2D eigenvalue weighted by Gasteiger charge is -2.38. The quantitative estimate of drug-likeness (QED) is 0.429. The van der Waals surface area contributed by atoms with Gasteiger partial charge in [-0.25, -0.2) is 0 Å². The summed E-state index contributed by atoms with van der Waals surface area (Å²) in [6.45, 7) is 5.42. The van der Waals surface area contributed by atoms with Crippen molar-refractivity contribution in [1.82, 2.24) is 4.90 Å². The van der Waals surface area contributed by atoms with E-state index in [4.69, 9.17) is 18.9 Å². The van der Waals surface area contributed by atoms with Crippen LogP contribution >= 0.6 is 0 Å². The maximum Gasteiger partial charge on any atom is 0.190 e. The minimum atomic E-state index is -0.680. The van der Waals surface area contributed by atoms with Gasteiger partial charge in [-0.1, -0.05) is 91.0 Å². The molecule has 3 saturated heterocycles. The molecule has 6 rings (SSSR count). The summed E-state index contributed by atoms with van der Waals surface area (Å²) in [5, 5.41) is 0. The van der Waals surface area contributed by atoms with Crippen LogP contribution in [0.2, 0.25) is 0 Å². The third-order valence-electron chi connectivity index (χ3n) is 7.60. The highest BCUT2D eigenvalue weighted by atomic mass is 16.8. The Kier molecular flexibility index (Phi) is 6.67. The van der Waals surface area contributed by atoms with E-state index in [1.165, 1.54) is 11.1 Å². The van der Waals surface area contributed by atoms with E-state index < -0.39 is 12.1 Å². The second-order valence-electron chi connectivity index (χ2n) is 10.5. The summed E-state index contributed by atoms with van der Waals surface area (Å²) in [5.74, 6) is -0.680. The second-order valence-corrected chi connectivity index (χ2v) is 10.5. The normalized spacial score (nSPS) is 29.6. The summed E-state index contributed by atoms with van der Waals surface area (Å²) in [6.07, 6.45) is 1.15. The van der Waals surface area contributed by atoms with E-state index in [0.717, 1.165) is 24.9 Å². The summed E-state index contributed by atoms with van der Waals surface area (Å²) < 4.78 is 25.8. The molecule has 3 aromatic carbocycles. The van der Waals surface area contributed by atoms with Gasteiger partial charge in [0.25, 0.3) is 0 Å². The molecular formula is C31H35NO4. The SMILES string of the molecule is CC1(C)O[C@H]2O[C@H]([C@@H]3CCCN3C(c3ccccc3)c3ccccc3)[C@H](OCc3ccccc3)[C@H]2O1. The lowest BCUT2D eigenvalue weighted by atomic mass is 9.94. The molecule has 5 atom stereocenters. The van der Waals surface area contributed by atoms with Crippen molar-refractivity contribution >= 4 is 0 Å². The molecule has 3 aliphatic rings. The maximum atomic E-state index is 6.64. The van der Waals surface area contributed by atoms with Gasteiger partial charge < -0.3 is 18.9 Å². The molecule has 36 heavy (non-hydrogen) atoms. The molecule has 0 radical (unpaired) electrons. The molecule has 0 N–H and O–H groups in total. The van der Waals surface area contributed by atoms with Gasteiger partial charge in [0.15, 0.2) is 12.1 Å². The van der Waals surface area contributed by atoms with Gasteiger partial charge >= 0.3 is 0 Å². The van der Waals surface area contributed by atoms with Crippen molar-refractivity contribution in [2.24, 2.45) is 0 Å². The van der Waals surface area contributed by atoms with E-state index in [1.54, 1.807) is 0 Å². The average molecular weight is 486 g/mol. The second kappa shape index (κ2) is 10.1. The van der Waals surface area contributed by atoms with Gasteiger partial charge in [-0.2, -0.15) is 0 Å². The Bertz CT molecular complexity index is 1080. The standard InChI is InChI=1S/C31H35NO4/c1-31(2)35-29-28(33-21-22-13-6-3-7-14-22)27(34-30(29)36-31)25-19-12-20-32(25)26(23-15-8-4-9-16-23)24-17-10-5-11-18-24/h3-11,13-18,25-30H,12,19-21H2,1-2H3/t25-,27+,28-,29+,30+/m0/s1. The third-order valence-corrected chi connectivity index (χ3v) is 7.60.